The van der Waals surface area contributed by atoms with Crippen LogP contribution < -0.4 is 11.1 Å². The number of hydrogen-bond donors (Lipinski definition) is 2. The molecular formula is C30H38N4O3S. The van der Waals surface area contributed by atoms with Crippen molar-refractivity contribution in [3.63, 3.8) is 0 Å². The number of carbonyl (C=O) groups is 1. The normalized spacial score (nSPS) is 18.4. The molecule has 0 saturated heterocycles. The minimum absolute atomic E-state index is 0.0134. The van der Waals surface area contributed by atoms with Crippen molar-refractivity contribution in [2.75, 3.05) is 18.6 Å². The molecule has 7 nitrogen and oxygen atoms in total. The molecule has 0 bridgehead atoms. The second kappa shape index (κ2) is 11.4. The first kappa shape index (κ1) is 28.0. The van der Waals surface area contributed by atoms with Crippen molar-refractivity contribution in [1.29, 1.82) is 0 Å². The van der Waals surface area contributed by atoms with E-state index in [1.807, 2.05) is 74.5 Å². The van der Waals surface area contributed by atoms with Crippen LogP contribution in [-0.2, 0) is 20.4 Å². The molecule has 0 aliphatic heterocycles. The Morgan fingerprint density at radius 1 is 1.03 bits per heavy atom. The van der Waals surface area contributed by atoms with Crippen LogP contribution in [0, 0.1) is 5.92 Å². The molecule has 3 aromatic rings. The van der Waals surface area contributed by atoms with Gasteiger partial charge in [-0.05, 0) is 62.6 Å². The number of anilines is 1. The molecule has 0 spiro atoms. The number of nitrogens with zero attached hydrogens (tertiary/aromatic N) is 2. The summed E-state index contributed by atoms with van der Waals surface area (Å²) in [7, 11) is -1.56. The molecule has 2 aromatic carbocycles. The first-order valence-electron chi connectivity index (χ1n) is 13.1. The number of nitrogens with two attached hydrogens (primary N) is 1. The Morgan fingerprint density at radius 2 is 1.66 bits per heavy atom. The third-order valence-corrected chi connectivity index (χ3v) is 8.83. The number of amides is 1. The molecule has 1 amide bonds. The minimum Gasteiger partial charge on any atom is -0.325 e. The first-order valence-corrected chi connectivity index (χ1v) is 14.9. The highest BCUT2D eigenvalue weighted by Gasteiger charge is 2.29. The molecule has 3 N–H and O–H groups in total. The third kappa shape index (κ3) is 6.87. The highest BCUT2D eigenvalue weighted by molar-refractivity contribution is 7.88. The van der Waals surface area contributed by atoms with Crippen molar-refractivity contribution >= 4 is 21.6 Å². The number of carbonyl (C=O) groups excluding carboxylic acids is 1. The largest absolute Gasteiger partial charge is 0.325 e. The quantitative estimate of drug-likeness (QED) is 0.403. The predicted octanol–water partition coefficient (Wildman–Crippen LogP) is 5.39. The van der Waals surface area contributed by atoms with Gasteiger partial charge in [-0.25, -0.2) is 12.7 Å². The van der Waals surface area contributed by atoms with E-state index < -0.39 is 15.6 Å². The molecule has 202 valence electrons. The maximum atomic E-state index is 12.9. The molecular weight excluding hydrogens is 496 g/mol. The summed E-state index contributed by atoms with van der Waals surface area (Å²) in [6, 6.07) is 20.2. The van der Waals surface area contributed by atoms with Crippen LogP contribution in [0.15, 0.2) is 66.9 Å². The first-order chi connectivity index (χ1) is 17.9. The summed E-state index contributed by atoms with van der Waals surface area (Å²) in [4.78, 5) is 17.7. The van der Waals surface area contributed by atoms with Crippen molar-refractivity contribution in [2.24, 2.45) is 11.7 Å². The van der Waals surface area contributed by atoms with Gasteiger partial charge in [-0.2, -0.15) is 0 Å². The van der Waals surface area contributed by atoms with E-state index in [-0.39, 0.29) is 17.9 Å². The lowest BCUT2D eigenvalue weighted by Crippen LogP contribution is -2.39. The van der Waals surface area contributed by atoms with Crippen molar-refractivity contribution in [3.8, 4) is 22.4 Å². The van der Waals surface area contributed by atoms with E-state index in [9.17, 15) is 13.2 Å². The maximum Gasteiger partial charge on any atom is 0.224 e. The fourth-order valence-electron chi connectivity index (χ4n) is 5.12. The number of sulfonamides is 1. The van der Waals surface area contributed by atoms with Crippen LogP contribution in [-0.4, -0.2) is 43.0 Å². The third-order valence-electron chi connectivity index (χ3n) is 7.49. The number of nitrogens with one attached hydrogen (secondary N) is 1. The molecule has 1 fully saturated rings. The van der Waals surface area contributed by atoms with Crippen molar-refractivity contribution in [3.05, 3.63) is 72.4 Å². The Hall–Kier alpha value is -3.07. The molecule has 4 rings (SSSR count). The summed E-state index contributed by atoms with van der Waals surface area (Å²) in [6.07, 6.45) is 6.57. The molecule has 8 heteroatoms. The van der Waals surface area contributed by atoms with Crippen LogP contribution >= 0.6 is 0 Å². The van der Waals surface area contributed by atoms with E-state index in [1.165, 1.54) is 10.6 Å². The molecule has 0 radical (unpaired) electrons. The standard InChI is InChI=1S/C30H38N4O3S/c1-30(2,31)24-14-12-23(13-15-24)29-27(22-8-6-5-7-9-22)19-25(20-32-29)33-28(35)18-21-10-16-26(17-11-21)34(3)38(4,36)37/h5-9,12-15,19-21,26H,10-11,16-18,31H2,1-4H3,(H,33,35). The fourth-order valence-corrected chi connectivity index (χ4v) is 5.87. The van der Waals surface area contributed by atoms with Gasteiger partial charge in [0.1, 0.15) is 0 Å². The van der Waals surface area contributed by atoms with Crippen LogP contribution in [0.25, 0.3) is 22.4 Å². The lowest BCUT2D eigenvalue weighted by atomic mass is 9.84. The number of hydrogen-bond acceptors (Lipinski definition) is 5. The highest BCUT2D eigenvalue weighted by atomic mass is 32.2. The lowest BCUT2D eigenvalue weighted by molar-refractivity contribution is -0.117. The Balaban J connectivity index is 1.49. The molecule has 0 unspecified atom stereocenters. The van der Waals surface area contributed by atoms with Gasteiger partial charge in [0.25, 0.3) is 0 Å². The van der Waals surface area contributed by atoms with Crippen LogP contribution in [0.3, 0.4) is 0 Å². The number of benzene rings is 2. The summed E-state index contributed by atoms with van der Waals surface area (Å²) in [5.74, 6) is 0.193. The fraction of sp³-hybridized carbons (Fsp3) is 0.400. The zero-order valence-electron chi connectivity index (χ0n) is 22.6. The Labute approximate surface area is 226 Å². The molecule has 1 aliphatic carbocycles. The van der Waals surface area contributed by atoms with Gasteiger partial charge in [0.15, 0.2) is 0 Å². The number of pyridine rings is 1. The summed E-state index contributed by atoms with van der Waals surface area (Å²) < 4.78 is 25.2. The van der Waals surface area contributed by atoms with Gasteiger partial charge >= 0.3 is 0 Å². The average molecular weight is 535 g/mol. The summed E-state index contributed by atoms with van der Waals surface area (Å²) in [5.41, 5.74) is 11.3. The monoisotopic (exact) mass is 534 g/mol. The molecule has 1 heterocycles. The molecule has 1 aromatic heterocycles. The van der Waals surface area contributed by atoms with E-state index >= 15 is 0 Å². The topological polar surface area (TPSA) is 105 Å². The van der Waals surface area contributed by atoms with Crippen molar-refractivity contribution in [2.45, 2.75) is 57.5 Å². The highest BCUT2D eigenvalue weighted by Crippen LogP contribution is 2.34. The smallest absolute Gasteiger partial charge is 0.224 e. The second-order valence-electron chi connectivity index (χ2n) is 11.0. The van der Waals surface area contributed by atoms with E-state index in [0.717, 1.165) is 53.6 Å². The van der Waals surface area contributed by atoms with Gasteiger partial charge in [0.05, 0.1) is 23.8 Å². The van der Waals surface area contributed by atoms with Gasteiger partial charge in [-0.1, -0.05) is 54.6 Å². The Morgan fingerprint density at radius 3 is 2.24 bits per heavy atom. The summed E-state index contributed by atoms with van der Waals surface area (Å²) in [6.45, 7) is 3.96. The zero-order valence-corrected chi connectivity index (χ0v) is 23.5. The summed E-state index contributed by atoms with van der Waals surface area (Å²) >= 11 is 0. The maximum absolute atomic E-state index is 12.9. The SMILES string of the molecule is CN(C1CCC(CC(=O)Nc2cnc(-c3ccc(C(C)(C)N)cc3)c(-c3ccccc3)c2)CC1)S(C)(=O)=O. The van der Waals surface area contributed by atoms with Crippen LogP contribution in [0.4, 0.5) is 5.69 Å². The number of aromatic nitrogens is 1. The van der Waals surface area contributed by atoms with Gasteiger partial charge in [-0.15, -0.1) is 0 Å². The van der Waals surface area contributed by atoms with Crippen LogP contribution in [0.5, 0.6) is 0 Å². The molecule has 1 saturated carbocycles. The van der Waals surface area contributed by atoms with E-state index in [4.69, 9.17) is 10.7 Å². The van der Waals surface area contributed by atoms with E-state index in [0.29, 0.717) is 12.1 Å². The Bertz CT molecular complexity index is 1360. The van der Waals surface area contributed by atoms with Gasteiger partial charge < -0.3 is 11.1 Å². The second-order valence-corrected chi connectivity index (χ2v) is 13.0. The Kier molecular flexibility index (Phi) is 8.35. The summed E-state index contributed by atoms with van der Waals surface area (Å²) in [5, 5.41) is 3.04. The average Bonchev–Trinajstić information content (AvgIpc) is 2.88. The lowest BCUT2D eigenvalue weighted by Gasteiger charge is -2.33. The minimum atomic E-state index is -3.20. The van der Waals surface area contributed by atoms with Gasteiger partial charge in [0, 0.05) is 36.2 Å². The molecule has 38 heavy (non-hydrogen) atoms. The van der Waals surface area contributed by atoms with Gasteiger partial charge in [-0.3, -0.25) is 9.78 Å². The molecule has 0 atom stereocenters. The van der Waals surface area contributed by atoms with Gasteiger partial charge in [0.2, 0.25) is 15.9 Å². The van der Waals surface area contributed by atoms with Crippen molar-refractivity contribution in [1.82, 2.24) is 9.29 Å². The molecule has 1 aliphatic rings. The van der Waals surface area contributed by atoms with E-state index in [2.05, 4.69) is 5.32 Å². The van der Waals surface area contributed by atoms with Crippen LogP contribution in [0.1, 0.15) is 51.5 Å². The van der Waals surface area contributed by atoms with Crippen LogP contribution in [0.2, 0.25) is 0 Å². The number of rotatable bonds is 8. The zero-order chi connectivity index (χ0) is 27.5. The predicted molar refractivity (Wildman–Crippen MR) is 154 cm³/mol. The van der Waals surface area contributed by atoms with E-state index in [1.54, 1.807) is 13.2 Å². The van der Waals surface area contributed by atoms with Crippen molar-refractivity contribution < 1.29 is 13.2 Å².